The summed E-state index contributed by atoms with van der Waals surface area (Å²) in [6.07, 6.45) is 2.95. The van der Waals surface area contributed by atoms with Crippen LogP contribution in [-0.2, 0) is 16.3 Å². The minimum Gasteiger partial charge on any atom is -0.493 e. The van der Waals surface area contributed by atoms with E-state index < -0.39 is 15.7 Å². The van der Waals surface area contributed by atoms with Crippen molar-refractivity contribution in [2.24, 2.45) is 0 Å². The summed E-state index contributed by atoms with van der Waals surface area (Å²) in [7, 11) is -3.05. The predicted molar refractivity (Wildman–Crippen MR) is 86.3 cm³/mol. The van der Waals surface area contributed by atoms with Gasteiger partial charge in [-0.1, -0.05) is 6.92 Å². The van der Waals surface area contributed by atoms with E-state index in [9.17, 15) is 12.8 Å². The lowest BCUT2D eigenvalue weighted by molar-refractivity contribution is 0.341. The first-order valence-electron chi connectivity index (χ1n) is 7.06. The summed E-state index contributed by atoms with van der Waals surface area (Å²) in [5.41, 5.74) is 0.989. The first kappa shape index (κ1) is 17.1. The van der Waals surface area contributed by atoms with E-state index in [-0.39, 0.29) is 18.2 Å². The fourth-order valence-corrected chi connectivity index (χ4v) is 2.21. The van der Waals surface area contributed by atoms with Gasteiger partial charge >= 0.3 is 0 Å². The molecule has 23 heavy (non-hydrogen) atoms. The van der Waals surface area contributed by atoms with Gasteiger partial charge in [-0.3, -0.25) is 0 Å². The van der Waals surface area contributed by atoms with E-state index in [2.05, 4.69) is 15.3 Å². The van der Waals surface area contributed by atoms with Crippen molar-refractivity contribution < 1.29 is 17.5 Å². The Balaban J connectivity index is 2.00. The van der Waals surface area contributed by atoms with E-state index in [0.717, 1.165) is 6.26 Å². The van der Waals surface area contributed by atoms with E-state index in [1.54, 1.807) is 24.3 Å². The van der Waals surface area contributed by atoms with Crippen LogP contribution in [0.1, 0.15) is 12.6 Å². The number of anilines is 2. The molecular weight excluding hydrogens is 321 g/mol. The number of benzene rings is 1. The van der Waals surface area contributed by atoms with Gasteiger partial charge in [0.1, 0.15) is 18.7 Å². The van der Waals surface area contributed by atoms with E-state index in [1.165, 1.54) is 6.33 Å². The minimum atomic E-state index is -3.05. The maximum absolute atomic E-state index is 14.0. The Labute approximate surface area is 134 Å². The van der Waals surface area contributed by atoms with Gasteiger partial charge in [-0.2, -0.15) is 0 Å². The predicted octanol–water partition coefficient (Wildman–Crippen LogP) is 2.35. The maximum atomic E-state index is 14.0. The van der Waals surface area contributed by atoms with Crippen LogP contribution in [0.25, 0.3) is 0 Å². The molecule has 1 aromatic heterocycles. The van der Waals surface area contributed by atoms with Gasteiger partial charge in [0.05, 0.1) is 11.4 Å². The summed E-state index contributed by atoms with van der Waals surface area (Å²) in [6.45, 7) is 1.91. The van der Waals surface area contributed by atoms with Crippen LogP contribution in [-0.4, -0.2) is 37.0 Å². The molecule has 0 amide bonds. The first-order valence-corrected chi connectivity index (χ1v) is 9.12. The van der Waals surface area contributed by atoms with E-state index in [4.69, 9.17) is 4.74 Å². The number of ether oxygens (including phenoxy) is 1. The van der Waals surface area contributed by atoms with Crippen LogP contribution in [0, 0.1) is 5.82 Å². The van der Waals surface area contributed by atoms with Crippen molar-refractivity contribution in [3.8, 4) is 5.75 Å². The first-order chi connectivity index (χ1) is 10.9. The van der Waals surface area contributed by atoms with E-state index in [1.807, 2.05) is 6.92 Å². The molecular formula is C15H18FN3O3S. The molecule has 8 heteroatoms. The molecule has 124 valence electrons. The fraction of sp³-hybridized carbons (Fsp3) is 0.333. The number of halogens is 1. The molecule has 2 aromatic rings. The highest BCUT2D eigenvalue weighted by Crippen LogP contribution is 2.21. The van der Waals surface area contributed by atoms with Gasteiger partial charge in [0, 0.05) is 11.9 Å². The van der Waals surface area contributed by atoms with Gasteiger partial charge in [-0.25, -0.2) is 22.8 Å². The molecule has 0 saturated carbocycles. The number of rotatable bonds is 7. The average molecular weight is 339 g/mol. The van der Waals surface area contributed by atoms with Gasteiger partial charge in [-0.15, -0.1) is 0 Å². The lowest BCUT2D eigenvalue weighted by atomic mass is 10.2. The summed E-state index contributed by atoms with van der Waals surface area (Å²) >= 11 is 0. The smallest absolute Gasteiger partial charge is 0.187 e. The van der Waals surface area contributed by atoms with Crippen LogP contribution in [0.5, 0.6) is 5.75 Å². The lowest BCUT2D eigenvalue weighted by Crippen LogP contribution is -2.12. The monoisotopic (exact) mass is 339 g/mol. The third-order valence-corrected chi connectivity index (χ3v) is 3.94. The summed E-state index contributed by atoms with van der Waals surface area (Å²) in [5.74, 6) is 0.140. The molecule has 1 heterocycles. The second kappa shape index (κ2) is 7.36. The highest BCUT2D eigenvalue weighted by Gasteiger charge is 2.09. The maximum Gasteiger partial charge on any atom is 0.187 e. The van der Waals surface area contributed by atoms with Crippen molar-refractivity contribution in [1.82, 2.24) is 9.97 Å². The second-order valence-electron chi connectivity index (χ2n) is 4.96. The van der Waals surface area contributed by atoms with E-state index in [0.29, 0.717) is 23.6 Å². The van der Waals surface area contributed by atoms with Gasteiger partial charge in [0.15, 0.2) is 21.5 Å². The third-order valence-electron chi connectivity index (χ3n) is 3.04. The highest BCUT2D eigenvalue weighted by molar-refractivity contribution is 7.90. The van der Waals surface area contributed by atoms with Crippen molar-refractivity contribution in [2.75, 3.05) is 23.9 Å². The topological polar surface area (TPSA) is 81.2 Å². The molecule has 1 N–H and O–H groups in total. The largest absolute Gasteiger partial charge is 0.493 e. The zero-order valence-electron chi connectivity index (χ0n) is 12.9. The van der Waals surface area contributed by atoms with E-state index >= 15 is 0 Å². The van der Waals surface area contributed by atoms with Crippen molar-refractivity contribution in [2.45, 2.75) is 13.3 Å². The Kier molecular flexibility index (Phi) is 5.49. The van der Waals surface area contributed by atoms with Gasteiger partial charge < -0.3 is 10.1 Å². The second-order valence-corrected chi connectivity index (χ2v) is 7.22. The highest BCUT2D eigenvalue weighted by atomic mass is 32.2. The van der Waals surface area contributed by atoms with Gasteiger partial charge in [0.25, 0.3) is 0 Å². The molecule has 0 spiro atoms. The molecule has 0 bridgehead atoms. The zero-order valence-corrected chi connectivity index (χ0v) is 13.7. The minimum absolute atomic E-state index is 0.0427. The van der Waals surface area contributed by atoms with Crippen molar-refractivity contribution >= 4 is 21.3 Å². The fourth-order valence-electron chi connectivity index (χ4n) is 1.82. The quantitative estimate of drug-likeness (QED) is 0.834. The standard InChI is InChI=1S/C15H18FN3O3S/c1-3-13-14(16)15(18-10-17-13)19-11-4-6-12(7-5-11)22-8-9-23(2,20)21/h4-7,10H,3,8-9H2,1-2H3,(H,17,18,19). The van der Waals surface area contributed by atoms with Crippen molar-refractivity contribution in [3.63, 3.8) is 0 Å². The molecule has 0 fully saturated rings. The Morgan fingerprint density at radius 3 is 2.52 bits per heavy atom. The van der Waals surface area contributed by atoms with Crippen LogP contribution >= 0.6 is 0 Å². The molecule has 0 radical (unpaired) electrons. The number of sulfone groups is 1. The molecule has 0 saturated heterocycles. The summed E-state index contributed by atoms with van der Waals surface area (Å²) in [4.78, 5) is 7.76. The number of hydrogen-bond acceptors (Lipinski definition) is 6. The number of nitrogens with one attached hydrogen (secondary N) is 1. The molecule has 0 atom stereocenters. The Morgan fingerprint density at radius 2 is 1.91 bits per heavy atom. The molecule has 0 aliphatic rings. The number of hydrogen-bond donors (Lipinski definition) is 1. The Hall–Kier alpha value is -2.22. The number of aromatic nitrogens is 2. The van der Waals surface area contributed by atoms with Crippen LogP contribution in [0.2, 0.25) is 0 Å². The summed E-state index contributed by atoms with van der Waals surface area (Å²) in [6, 6.07) is 6.74. The number of nitrogens with zero attached hydrogens (tertiary/aromatic N) is 2. The van der Waals surface area contributed by atoms with Crippen LogP contribution in [0.3, 0.4) is 0 Å². The van der Waals surface area contributed by atoms with Crippen LogP contribution in [0.4, 0.5) is 15.9 Å². The summed E-state index contributed by atoms with van der Waals surface area (Å²) in [5, 5.41) is 2.88. The zero-order chi connectivity index (χ0) is 16.9. The molecule has 6 nitrogen and oxygen atoms in total. The number of aryl methyl sites for hydroxylation is 1. The normalized spacial score (nSPS) is 11.3. The molecule has 1 aromatic carbocycles. The Morgan fingerprint density at radius 1 is 1.22 bits per heavy atom. The van der Waals surface area contributed by atoms with Crippen LogP contribution < -0.4 is 10.1 Å². The summed E-state index contributed by atoms with van der Waals surface area (Å²) < 4.78 is 41.4. The van der Waals surface area contributed by atoms with Crippen molar-refractivity contribution in [3.05, 3.63) is 42.1 Å². The third kappa shape index (κ3) is 5.17. The molecule has 2 rings (SSSR count). The average Bonchev–Trinajstić information content (AvgIpc) is 2.50. The van der Waals surface area contributed by atoms with Gasteiger partial charge in [-0.05, 0) is 30.7 Å². The lowest BCUT2D eigenvalue weighted by Gasteiger charge is -2.09. The van der Waals surface area contributed by atoms with Crippen molar-refractivity contribution in [1.29, 1.82) is 0 Å². The molecule has 0 unspecified atom stereocenters. The van der Waals surface area contributed by atoms with Gasteiger partial charge in [0.2, 0.25) is 0 Å². The molecule has 0 aliphatic heterocycles. The van der Waals surface area contributed by atoms with Crippen LogP contribution in [0.15, 0.2) is 30.6 Å². The SMILES string of the molecule is CCc1ncnc(Nc2ccc(OCCS(C)(=O)=O)cc2)c1F. The molecule has 0 aliphatic carbocycles. The Bertz CT molecular complexity index is 764.